The van der Waals surface area contributed by atoms with Crippen LogP contribution in [0.4, 0.5) is 0 Å². The average molecular weight is 453 g/mol. The Kier molecular flexibility index (Phi) is 6.75. The van der Waals surface area contributed by atoms with Gasteiger partial charge in [0.2, 0.25) is 11.8 Å². The van der Waals surface area contributed by atoms with Crippen LogP contribution in [0.2, 0.25) is 0 Å². The number of rotatable bonds is 6. The first-order chi connectivity index (χ1) is 16.7. The smallest absolute Gasteiger partial charge is 0.235 e. The molecule has 2 atom stereocenters. The van der Waals surface area contributed by atoms with Crippen molar-refractivity contribution in [2.75, 3.05) is 13.1 Å². The third-order valence-electron chi connectivity index (χ3n) is 7.31. The quantitative estimate of drug-likeness (QED) is 0.526. The van der Waals surface area contributed by atoms with Gasteiger partial charge < -0.3 is 9.80 Å². The van der Waals surface area contributed by atoms with Crippen LogP contribution in [0.5, 0.6) is 0 Å². The molecule has 174 valence electrons. The second-order valence-electron chi connectivity index (χ2n) is 9.52. The van der Waals surface area contributed by atoms with Crippen molar-refractivity contribution in [1.29, 1.82) is 0 Å². The van der Waals surface area contributed by atoms with Crippen molar-refractivity contribution in [2.45, 2.75) is 50.1 Å². The fourth-order valence-electron chi connectivity index (χ4n) is 5.64. The van der Waals surface area contributed by atoms with Crippen molar-refractivity contribution in [3.63, 3.8) is 0 Å². The number of benzene rings is 3. The van der Waals surface area contributed by atoms with Gasteiger partial charge in [0.15, 0.2) is 0 Å². The second-order valence-corrected chi connectivity index (χ2v) is 9.52. The standard InChI is InChI=1S/C30H32N2O2/c33-28(20-19-23-11-4-1-5-12-23)31-21-26-17-10-18-27(22-31)32(26)30(34)29(24-13-6-2-7-14-24)25-15-8-3-9-16-25/h1-9,11-16,26-27,29H,10,17-22H2/t26-,27+. The van der Waals surface area contributed by atoms with Crippen molar-refractivity contribution in [3.8, 4) is 0 Å². The zero-order valence-electron chi connectivity index (χ0n) is 19.6. The summed E-state index contributed by atoms with van der Waals surface area (Å²) < 4.78 is 0. The van der Waals surface area contributed by atoms with Gasteiger partial charge in [-0.25, -0.2) is 0 Å². The van der Waals surface area contributed by atoms with Gasteiger partial charge >= 0.3 is 0 Å². The average Bonchev–Trinajstić information content (AvgIpc) is 2.88. The first kappa shape index (κ1) is 22.4. The lowest BCUT2D eigenvalue weighted by Gasteiger charge is -2.51. The van der Waals surface area contributed by atoms with E-state index in [-0.39, 0.29) is 29.8 Å². The monoisotopic (exact) mass is 452 g/mol. The first-order valence-corrected chi connectivity index (χ1v) is 12.4. The van der Waals surface area contributed by atoms with E-state index in [0.29, 0.717) is 19.5 Å². The van der Waals surface area contributed by atoms with E-state index >= 15 is 0 Å². The summed E-state index contributed by atoms with van der Waals surface area (Å²) in [6.45, 7) is 1.29. The number of piperazine rings is 1. The number of likely N-dealkylation sites (tertiary alicyclic amines) is 1. The van der Waals surface area contributed by atoms with E-state index < -0.39 is 0 Å². The zero-order chi connectivity index (χ0) is 23.3. The number of hydrogen-bond acceptors (Lipinski definition) is 2. The normalized spacial score (nSPS) is 19.8. The molecule has 4 heteroatoms. The molecule has 2 fully saturated rings. The molecule has 34 heavy (non-hydrogen) atoms. The molecule has 3 aromatic rings. The van der Waals surface area contributed by atoms with Gasteiger partial charge in [0, 0.05) is 31.6 Å². The first-order valence-electron chi connectivity index (χ1n) is 12.4. The largest absolute Gasteiger partial charge is 0.339 e. The molecule has 2 aliphatic rings. The van der Waals surface area contributed by atoms with Gasteiger partial charge in [-0.2, -0.15) is 0 Å². The lowest BCUT2D eigenvalue weighted by molar-refractivity contribution is -0.150. The van der Waals surface area contributed by atoms with E-state index in [1.165, 1.54) is 5.56 Å². The minimum Gasteiger partial charge on any atom is -0.339 e. The molecule has 0 radical (unpaired) electrons. The van der Waals surface area contributed by atoms with E-state index in [2.05, 4.69) is 41.3 Å². The maximum Gasteiger partial charge on any atom is 0.235 e. The molecule has 2 bridgehead atoms. The summed E-state index contributed by atoms with van der Waals surface area (Å²) >= 11 is 0. The summed E-state index contributed by atoms with van der Waals surface area (Å²) in [4.78, 5) is 31.4. The Morgan fingerprint density at radius 2 is 1.24 bits per heavy atom. The molecule has 2 heterocycles. The van der Waals surface area contributed by atoms with Crippen LogP contribution in [-0.2, 0) is 16.0 Å². The van der Waals surface area contributed by atoms with Crippen LogP contribution in [0.1, 0.15) is 48.3 Å². The van der Waals surface area contributed by atoms with E-state index in [9.17, 15) is 9.59 Å². The maximum absolute atomic E-state index is 14.1. The van der Waals surface area contributed by atoms with Gasteiger partial charge in [-0.05, 0) is 42.4 Å². The Bertz CT molecular complexity index is 1050. The maximum atomic E-state index is 14.1. The summed E-state index contributed by atoms with van der Waals surface area (Å²) in [6.07, 6.45) is 4.32. The number of hydrogen-bond donors (Lipinski definition) is 0. The van der Waals surface area contributed by atoms with Crippen LogP contribution in [0.3, 0.4) is 0 Å². The van der Waals surface area contributed by atoms with Gasteiger partial charge in [-0.1, -0.05) is 91.0 Å². The van der Waals surface area contributed by atoms with Crippen LogP contribution < -0.4 is 0 Å². The number of nitrogens with zero attached hydrogens (tertiary/aromatic N) is 2. The van der Waals surface area contributed by atoms with Crippen LogP contribution in [-0.4, -0.2) is 46.8 Å². The van der Waals surface area contributed by atoms with Crippen LogP contribution in [0, 0.1) is 0 Å². The van der Waals surface area contributed by atoms with Gasteiger partial charge in [0.25, 0.3) is 0 Å². The summed E-state index contributed by atoms with van der Waals surface area (Å²) in [5.41, 5.74) is 3.25. The zero-order valence-corrected chi connectivity index (χ0v) is 19.6. The number of aryl methyl sites for hydroxylation is 1. The van der Waals surface area contributed by atoms with Crippen LogP contribution in [0.25, 0.3) is 0 Å². The molecule has 0 saturated carbocycles. The topological polar surface area (TPSA) is 40.6 Å². The molecule has 3 aromatic carbocycles. The van der Waals surface area contributed by atoms with Crippen molar-refractivity contribution < 1.29 is 9.59 Å². The number of carbonyl (C=O) groups is 2. The molecule has 0 aliphatic carbocycles. The van der Waals surface area contributed by atoms with E-state index in [1.54, 1.807) is 0 Å². The van der Waals surface area contributed by atoms with Crippen molar-refractivity contribution in [1.82, 2.24) is 9.80 Å². The Morgan fingerprint density at radius 1 is 0.735 bits per heavy atom. The number of piperidine rings is 1. The van der Waals surface area contributed by atoms with Crippen molar-refractivity contribution in [2.24, 2.45) is 0 Å². The lowest BCUT2D eigenvalue weighted by atomic mass is 9.85. The Balaban J connectivity index is 1.34. The fourth-order valence-corrected chi connectivity index (χ4v) is 5.64. The highest BCUT2D eigenvalue weighted by Gasteiger charge is 2.43. The summed E-state index contributed by atoms with van der Waals surface area (Å²) in [7, 11) is 0. The highest BCUT2D eigenvalue weighted by Crippen LogP contribution is 2.35. The van der Waals surface area contributed by atoms with E-state index in [0.717, 1.165) is 36.8 Å². The number of fused-ring (bicyclic) bond motifs is 2. The SMILES string of the molecule is O=C(CCc1ccccc1)N1C[C@H]2CCC[C@@H](C1)N2C(=O)C(c1ccccc1)c1ccccc1. The molecule has 0 N–H and O–H groups in total. The van der Waals surface area contributed by atoms with Gasteiger partial charge in [0.1, 0.15) is 0 Å². The molecule has 0 unspecified atom stereocenters. The number of amides is 2. The molecule has 2 amide bonds. The Labute approximate surface area is 202 Å². The predicted molar refractivity (Wildman–Crippen MR) is 134 cm³/mol. The molecule has 2 saturated heterocycles. The summed E-state index contributed by atoms with van der Waals surface area (Å²) in [5, 5.41) is 0. The lowest BCUT2D eigenvalue weighted by Crippen LogP contribution is -2.64. The Hall–Kier alpha value is -3.40. The minimum atomic E-state index is -0.314. The minimum absolute atomic E-state index is 0.0931. The highest BCUT2D eigenvalue weighted by atomic mass is 16.2. The molecule has 4 nitrogen and oxygen atoms in total. The molecular weight excluding hydrogens is 420 g/mol. The third-order valence-corrected chi connectivity index (χ3v) is 7.31. The highest BCUT2D eigenvalue weighted by molar-refractivity contribution is 5.88. The summed E-state index contributed by atoms with van der Waals surface area (Å²) in [5.74, 6) is 0.0600. The van der Waals surface area contributed by atoms with E-state index in [1.807, 2.05) is 59.5 Å². The summed E-state index contributed by atoms with van der Waals surface area (Å²) in [6, 6.07) is 30.6. The molecule has 5 rings (SSSR count). The van der Waals surface area contributed by atoms with Crippen molar-refractivity contribution >= 4 is 11.8 Å². The van der Waals surface area contributed by atoms with E-state index in [4.69, 9.17) is 0 Å². The van der Waals surface area contributed by atoms with Gasteiger partial charge in [0.05, 0.1) is 5.92 Å². The third kappa shape index (κ3) is 4.77. The molecule has 2 aliphatic heterocycles. The van der Waals surface area contributed by atoms with Gasteiger partial charge in [-0.15, -0.1) is 0 Å². The Morgan fingerprint density at radius 3 is 1.76 bits per heavy atom. The van der Waals surface area contributed by atoms with Crippen molar-refractivity contribution in [3.05, 3.63) is 108 Å². The predicted octanol–water partition coefficient (Wildman–Crippen LogP) is 5.04. The van der Waals surface area contributed by atoms with Crippen LogP contribution in [0.15, 0.2) is 91.0 Å². The second kappa shape index (κ2) is 10.3. The number of carbonyl (C=O) groups excluding carboxylic acids is 2. The molecule has 0 spiro atoms. The van der Waals surface area contributed by atoms with Gasteiger partial charge in [-0.3, -0.25) is 9.59 Å². The molecule has 0 aromatic heterocycles. The molecular formula is C30H32N2O2. The fraction of sp³-hybridized carbons (Fsp3) is 0.333. The van der Waals surface area contributed by atoms with Crippen LogP contribution >= 0.6 is 0 Å².